The van der Waals surface area contributed by atoms with Crippen molar-refractivity contribution in [1.82, 2.24) is 5.43 Å². The number of nitrogens with two attached hydrogens (primary N) is 1. The monoisotopic (exact) mass is 284 g/mol. The minimum atomic E-state index is -0.412. The predicted molar refractivity (Wildman–Crippen MR) is 73.2 cm³/mol. The Labute approximate surface area is 115 Å². The molecule has 1 heterocycles. The van der Waals surface area contributed by atoms with Gasteiger partial charge in [-0.3, -0.25) is 10.2 Å². The number of carbonyl (C=O) groups is 1. The molecule has 1 saturated heterocycles. The highest BCUT2D eigenvalue weighted by Gasteiger charge is 2.16. The van der Waals surface area contributed by atoms with Crippen LogP contribution in [0.2, 0.25) is 0 Å². The van der Waals surface area contributed by atoms with Crippen molar-refractivity contribution in [2.24, 2.45) is 5.84 Å². The maximum Gasteiger partial charge on any atom is 0.265 e. The summed E-state index contributed by atoms with van der Waals surface area (Å²) in [5.41, 5.74) is 2.93. The maximum absolute atomic E-state index is 13.6. The van der Waals surface area contributed by atoms with Crippen molar-refractivity contribution >= 4 is 17.7 Å². The zero-order valence-corrected chi connectivity index (χ0v) is 11.3. The minimum absolute atomic E-state index is 0.281. The molecule has 0 radical (unpaired) electrons. The molecule has 1 fully saturated rings. The van der Waals surface area contributed by atoms with Crippen LogP contribution < -0.4 is 11.3 Å². The van der Waals surface area contributed by atoms with Crippen LogP contribution in [-0.4, -0.2) is 24.4 Å². The van der Waals surface area contributed by atoms with Crippen LogP contribution in [0.1, 0.15) is 28.8 Å². The van der Waals surface area contributed by atoms with E-state index in [4.69, 9.17) is 10.6 Å². The van der Waals surface area contributed by atoms with E-state index in [1.165, 1.54) is 12.1 Å². The third-order valence-corrected chi connectivity index (χ3v) is 4.15. The van der Waals surface area contributed by atoms with Crippen molar-refractivity contribution in [3.8, 4) is 0 Å². The van der Waals surface area contributed by atoms with Gasteiger partial charge in [0.05, 0.1) is 6.10 Å². The predicted octanol–water partition coefficient (Wildman–Crippen LogP) is 1.84. The molecule has 1 aliphatic heterocycles. The van der Waals surface area contributed by atoms with Gasteiger partial charge in [0.25, 0.3) is 5.91 Å². The van der Waals surface area contributed by atoms with Gasteiger partial charge >= 0.3 is 0 Å². The Hall–Kier alpha value is -1.11. The molecule has 0 bridgehead atoms. The molecule has 104 valence electrons. The lowest BCUT2D eigenvalue weighted by atomic mass is 10.1. The van der Waals surface area contributed by atoms with E-state index in [1.807, 2.05) is 5.43 Å². The summed E-state index contributed by atoms with van der Waals surface area (Å²) in [6.07, 6.45) is 2.46. The first kappa shape index (κ1) is 14.3. The average Bonchev–Trinajstić information content (AvgIpc) is 2.93. The molecule has 2 rings (SSSR count). The molecule has 0 saturated carbocycles. The molecule has 4 nitrogen and oxygen atoms in total. The van der Waals surface area contributed by atoms with Crippen molar-refractivity contribution in [3.63, 3.8) is 0 Å². The quantitative estimate of drug-likeness (QED) is 0.492. The largest absolute Gasteiger partial charge is 0.377 e. The van der Waals surface area contributed by atoms with E-state index in [2.05, 4.69) is 0 Å². The van der Waals surface area contributed by atoms with E-state index in [-0.39, 0.29) is 11.9 Å². The van der Waals surface area contributed by atoms with Crippen LogP contribution in [0.15, 0.2) is 18.2 Å². The van der Waals surface area contributed by atoms with Gasteiger partial charge in [-0.15, -0.1) is 0 Å². The normalized spacial score (nSPS) is 18.5. The Morgan fingerprint density at radius 3 is 3.11 bits per heavy atom. The van der Waals surface area contributed by atoms with Crippen LogP contribution in [0.4, 0.5) is 4.39 Å². The third kappa shape index (κ3) is 3.92. The van der Waals surface area contributed by atoms with E-state index >= 15 is 0 Å². The van der Waals surface area contributed by atoms with Crippen molar-refractivity contribution in [3.05, 3.63) is 35.1 Å². The Kier molecular flexibility index (Phi) is 5.18. The summed E-state index contributed by atoms with van der Waals surface area (Å²) in [6.45, 7) is 0.825. The number of halogens is 1. The first-order chi connectivity index (χ1) is 9.20. The summed E-state index contributed by atoms with van der Waals surface area (Å²) >= 11 is 1.62. The summed E-state index contributed by atoms with van der Waals surface area (Å²) in [4.78, 5) is 11.4. The molecule has 1 atom stereocenters. The Bertz CT molecular complexity index is 450. The summed E-state index contributed by atoms with van der Waals surface area (Å²) in [5.74, 6) is 5.73. The molecule has 6 heteroatoms. The lowest BCUT2D eigenvalue weighted by Crippen LogP contribution is -2.30. The van der Waals surface area contributed by atoms with Gasteiger partial charge in [-0.1, -0.05) is 0 Å². The molecule has 0 aliphatic carbocycles. The van der Waals surface area contributed by atoms with Crippen molar-refractivity contribution in [2.45, 2.75) is 24.7 Å². The Balaban J connectivity index is 1.92. The molecule has 0 aromatic heterocycles. The number of amides is 1. The number of nitrogens with one attached hydrogen (secondary N) is 1. The number of hydrogen-bond acceptors (Lipinski definition) is 4. The lowest BCUT2D eigenvalue weighted by molar-refractivity contribution is 0.0953. The second-order valence-electron chi connectivity index (χ2n) is 4.43. The second kappa shape index (κ2) is 6.88. The van der Waals surface area contributed by atoms with E-state index in [9.17, 15) is 9.18 Å². The Morgan fingerprint density at radius 1 is 1.58 bits per heavy atom. The third-order valence-electron chi connectivity index (χ3n) is 3.02. The molecule has 1 amide bonds. The molecule has 3 N–H and O–H groups in total. The maximum atomic E-state index is 13.6. The van der Waals surface area contributed by atoms with Crippen LogP contribution in [0.3, 0.4) is 0 Å². The second-order valence-corrected chi connectivity index (χ2v) is 5.46. The van der Waals surface area contributed by atoms with Crippen LogP contribution >= 0.6 is 11.8 Å². The van der Waals surface area contributed by atoms with Gasteiger partial charge in [-0.25, -0.2) is 10.2 Å². The van der Waals surface area contributed by atoms with Crippen molar-refractivity contribution < 1.29 is 13.9 Å². The summed E-state index contributed by atoms with van der Waals surface area (Å²) in [7, 11) is 0. The van der Waals surface area contributed by atoms with Crippen LogP contribution in [0.25, 0.3) is 0 Å². The molecule has 1 aliphatic rings. The number of hydrazine groups is 1. The van der Waals surface area contributed by atoms with Gasteiger partial charge in [0.2, 0.25) is 0 Å². The number of carbonyl (C=O) groups excluding carboxylic acids is 1. The van der Waals surface area contributed by atoms with Gasteiger partial charge in [0.1, 0.15) is 5.82 Å². The van der Waals surface area contributed by atoms with Crippen LogP contribution in [0, 0.1) is 5.82 Å². The molecule has 0 spiro atoms. The van der Waals surface area contributed by atoms with Crippen LogP contribution in [0.5, 0.6) is 0 Å². The van der Waals surface area contributed by atoms with E-state index in [0.717, 1.165) is 25.2 Å². The zero-order chi connectivity index (χ0) is 13.7. The summed E-state index contributed by atoms with van der Waals surface area (Å²) in [5, 5.41) is 0. The fourth-order valence-corrected chi connectivity index (χ4v) is 3.07. The molecule has 1 aromatic rings. The number of hydrogen-bond donors (Lipinski definition) is 2. The van der Waals surface area contributed by atoms with E-state index in [1.54, 1.807) is 17.8 Å². The number of nitrogen functional groups attached to an aromatic ring is 1. The smallest absolute Gasteiger partial charge is 0.265 e. The lowest BCUT2D eigenvalue weighted by Gasteiger charge is -2.10. The number of ether oxygens (including phenoxy) is 1. The molecule has 1 aromatic carbocycles. The topological polar surface area (TPSA) is 64.3 Å². The van der Waals surface area contributed by atoms with Crippen LogP contribution in [-0.2, 0) is 10.5 Å². The molecule has 19 heavy (non-hydrogen) atoms. The summed E-state index contributed by atoms with van der Waals surface area (Å²) < 4.78 is 19.1. The standard InChI is InChI=1S/C13H17FN2O2S/c14-12-4-3-9(13(17)16-15)6-10(12)7-19-8-11-2-1-5-18-11/h3-4,6,11H,1-2,5,7-8,15H2,(H,16,17). The van der Waals surface area contributed by atoms with Gasteiger partial charge < -0.3 is 4.74 Å². The number of thioether (sulfide) groups is 1. The highest BCUT2D eigenvalue weighted by molar-refractivity contribution is 7.98. The van der Waals surface area contributed by atoms with Gasteiger partial charge in [0.15, 0.2) is 0 Å². The van der Waals surface area contributed by atoms with Gasteiger partial charge in [-0.05, 0) is 36.6 Å². The first-order valence-corrected chi connectivity index (χ1v) is 7.35. The fraction of sp³-hybridized carbons (Fsp3) is 0.462. The first-order valence-electron chi connectivity index (χ1n) is 6.19. The fourth-order valence-electron chi connectivity index (χ4n) is 1.99. The average molecular weight is 284 g/mol. The highest BCUT2D eigenvalue weighted by atomic mass is 32.2. The molecular weight excluding hydrogens is 267 g/mol. The zero-order valence-electron chi connectivity index (χ0n) is 10.5. The SMILES string of the molecule is NNC(=O)c1ccc(F)c(CSCC2CCCO2)c1. The van der Waals surface area contributed by atoms with Gasteiger partial charge in [-0.2, -0.15) is 11.8 Å². The van der Waals surface area contributed by atoms with E-state index in [0.29, 0.717) is 16.9 Å². The number of benzene rings is 1. The highest BCUT2D eigenvalue weighted by Crippen LogP contribution is 2.22. The van der Waals surface area contributed by atoms with Crippen molar-refractivity contribution in [1.29, 1.82) is 0 Å². The number of rotatable bonds is 5. The van der Waals surface area contributed by atoms with Crippen molar-refractivity contribution in [2.75, 3.05) is 12.4 Å². The Morgan fingerprint density at radius 2 is 2.42 bits per heavy atom. The minimum Gasteiger partial charge on any atom is -0.377 e. The molecular formula is C13H17FN2O2S. The van der Waals surface area contributed by atoms with Gasteiger partial charge in [0, 0.05) is 23.7 Å². The summed E-state index contributed by atoms with van der Waals surface area (Å²) in [6, 6.07) is 4.26. The van der Waals surface area contributed by atoms with E-state index < -0.39 is 5.91 Å². The molecule has 1 unspecified atom stereocenters.